The van der Waals surface area contributed by atoms with Crippen LogP contribution in [0.15, 0.2) is 267 Å². The number of hydrogen-bond donors (Lipinski definition) is 0. The molecule has 75 heavy (non-hydrogen) atoms. The molecule has 0 amide bonds. The van der Waals surface area contributed by atoms with Gasteiger partial charge in [-0.1, -0.05) is 206 Å². The Morgan fingerprint density at radius 1 is 0.213 bits per heavy atom. The number of rotatable bonds is 8. The van der Waals surface area contributed by atoms with E-state index in [2.05, 4.69) is 244 Å². The van der Waals surface area contributed by atoms with Gasteiger partial charge in [0.05, 0.1) is 38.8 Å². The minimum absolute atomic E-state index is 0.591. The quantitative estimate of drug-likeness (QED) is 0.152. The second kappa shape index (κ2) is 17.3. The summed E-state index contributed by atoms with van der Waals surface area (Å²) in [5.74, 6) is 1.82. The van der Waals surface area contributed by atoms with E-state index < -0.39 is 0 Å². The van der Waals surface area contributed by atoms with E-state index >= 15 is 0 Å². The molecule has 0 saturated heterocycles. The molecule has 0 radical (unpaired) electrons. The van der Waals surface area contributed by atoms with Gasteiger partial charge in [0, 0.05) is 71.5 Å². The normalized spacial score (nSPS) is 11.7. The largest absolute Gasteiger partial charge is 0.309 e. The van der Waals surface area contributed by atoms with Gasteiger partial charge in [-0.05, 0) is 71.8 Å². The SMILES string of the molecule is c1ccc(-c2nc(-c3ccccc3)nc(-c3cc(-c4ccccc4)c(-n4c5cc(-n6c7ccccc7c7ccccc76)ccc5c5ccc(-n6c7ccccc7c7ccccc76)cc54)c(-c4ccccc4)c3)n2)cc1. The van der Waals surface area contributed by atoms with Gasteiger partial charge in [0.25, 0.3) is 0 Å². The predicted molar refractivity (Wildman–Crippen MR) is 310 cm³/mol. The Morgan fingerprint density at radius 2 is 0.507 bits per heavy atom. The Morgan fingerprint density at radius 3 is 0.867 bits per heavy atom. The number of para-hydroxylation sites is 4. The summed E-state index contributed by atoms with van der Waals surface area (Å²) in [5, 5.41) is 7.21. The maximum atomic E-state index is 5.31. The zero-order valence-electron chi connectivity index (χ0n) is 40.6. The molecule has 0 saturated carbocycles. The van der Waals surface area contributed by atoms with Crippen LogP contribution < -0.4 is 0 Å². The van der Waals surface area contributed by atoms with E-state index in [0.717, 1.165) is 99.9 Å². The van der Waals surface area contributed by atoms with Gasteiger partial charge < -0.3 is 13.7 Å². The zero-order chi connectivity index (χ0) is 49.4. The van der Waals surface area contributed by atoms with Crippen molar-refractivity contribution in [1.82, 2.24) is 28.7 Å². The highest BCUT2D eigenvalue weighted by Gasteiger charge is 2.25. The fourth-order valence-electron chi connectivity index (χ4n) is 11.5. The molecule has 15 aromatic rings. The Bertz CT molecular complexity index is 4290. The van der Waals surface area contributed by atoms with Crippen LogP contribution in [0, 0.1) is 0 Å². The molecule has 4 aromatic heterocycles. The van der Waals surface area contributed by atoms with Gasteiger partial charge in [0.15, 0.2) is 17.5 Å². The van der Waals surface area contributed by atoms with Crippen molar-refractivity contribution in [2.75, 3.05) is 0 Å². The van der Waals surface area contributed by atoms with Crippen molar-refractivity contribution in [2.24, 2.45) is 0 Å². The molecule has 6 nitrogen and oxygen atoms in total. The minimum atomic E-state index is 0.591. The molecule has 15 rings (SSSR count). The van der Waals surface area contributed by atoms with Gasteiger partial charge in [0.2, 0.25) is 0 Å². The van der Waals surface area contributed by atoms with Crippen molar-refractivity contribution in [1.29, 1.82) is 0 Å². The van der Waals surface area contributed by atoms with Crippen molar-refractivity contribution >= 4 is 65.4 Å². The predicted octanol–water partition coefficient (Wildman–Crippen LogP) is 17.5. The highest BCUT2D eigenvalue weighted by Crippen LogP contribution is 2.46. The van der Waals surface area contributed by atoms with Crippen LogP contribution in [-0.2, 0) is 0 Å². The number of aromatic nitrogens is 6. The smallest absolute Gasteiger partial charge is 0.164 e. The second-order valence-corrected chi connectivity index (χ2v) is 19.2. The molecule has 0 atom stereocenters. The van der Waals surface area contributed by atoms with Crippen molar-refractivity contribution in [3.05, 3.63) is 267 Å². The van der Waals surface area contributed by atoms with Crippen LogP contribution in [0.5, 0.6) is 0 Å². The van der Waals surface area contributed by atoms with Gasteiger partial charge in [-0.15, -0.1) is 0 Å². The van der Waals surface area contributed by atoms with Crippen LogP contribution in [0.25, 0.3) is 139 Å². The van der Waals surface area contributed by atoms with Gasteiger partial charge in [-0.25, -0.2) is 15.0 Å². The van der Waals surface area contributed by atoms with Crippen molar-refractivity contribution in [3.63, 3.8) is 0 Å². The lowest BCUT2D eigenvalue weighted by molar-refractivity contribution is 1.07. The first-order valence-electron chi connectivity index (χ1n) is 25.4. The first kappa shape index (κ1) is 42.5. The van der Waals surface area contributed by atoms with Gasteiger partial charge in [-0.2, -0.15) is 0 Å². The van der Waals surface area contributed by atoms with Gasteiger partial charge >= 0.3 is 0 Å². The highest BCUT2D eigenvalue weighted by atomic mass is 15.0. The molecule has 0 N–H and O–H groups in total. The van der Waals surface area contributed by atoms with Crippen LogP contribution in [0.2, 0.25) is 0 Å². The Kier molecular flexibility index (Phi) is 9.78. The lowest BCUT2D eigenvalue weighted by atomic mass is 9.92. The first-order chi connectivity index (χ1) is 37.2. The number of hydrogen-bond acceptors (Lipinski definition) is 3. The Balaban J connectivity index is 1.08. The van der Waals surface area contributed by atoms with Crippen LogP contribution in [-0.4, -0.2) is 28.7 Å². The molecule has 0 aliphatic heterocycles. The summed E-state index contributed by atoms with van der Waals surface area (Å²) in [7, 11) is 0. The van der Waals surface area contributed by atoms with Crippen LogP contribution in [0.3, 0.4) is 0 Å². The Hall–Kier alpha value is -10.2. The highest BCUT2D eigenvalue weighted by molar-refractivity contribution is 6.14. The monoisotopic (exact) mass is 956 g/mol. The molecular weight excluding hydrogens is 913 g/mol. The standard InChI is InChI=1S/C69H44N6/c1-5-21-45(22-6-1)58-41-49(69-71-67(47-25-9-3-10-26-47)70-68(72-69)48-27-11-4-12-28-48)42-59(46-23-7-2-8-24-46)66(58)75-64-43-50(73-60-33-17-13-29-52(60)53-30-14-18-34-61(53)73)37-39-56(64)57-40-38-51(44-65(57)75)74-62-35-19-15-31-54(62)55-32-16-20-36-63(55)74/h1-44H. The molecule has 0 unspecified atom stereocenters. The molecule has 0 aliphatic carbocycles. The number of nitrogens with zero attached hydrogens (tertiary/aromatic N) is 6. The number of benzene rings is 11. The van der Waals surface area contributed by atoms with Crippen LogP contribution in [0.4, 0.5) is 0 Å². The maximum absolute atomic E-state index is 5.31. The van der Waals surface area contributed by atoms with E-state index in [0.29, 0.717) is 17.5 Å². The molecule has 11 aromatic carbocycles. The second-order valence-electron chi connectivity index (χ2n) is 19.2. The summed E-state index contributed by atoms with van der Waals surface area (Å²) in [6, 6.07) is 95.6. The third kappa shape index (κ3) is 6.92. The first-order valence-corrected chi connectivity index (χ1v) is 25.4. The molecule has 4 heterocycles. The van der Waals surface area contributed by atoms with E-state index in [1.807, 2.05) is 36.4 Å². The summed E-state index contributed by atoms with van der Waals surface area (Å²) < 4.78 is 7.38. The topological polar surface area (TPSA) is 53.5 Å². The summed E-state index contributed by atoms with van der Waals surface area (Å²) in [6.07, 6.45) is 0. The molecule has 0 spiro atoms. The van der Waals surface area contributed by atoms with Gasteiger partial charge in [0.1, 0.15) is 0 Å². The lowest BCUT2D eigenvalue weighted by Crippen LogP contribution is -2.04. The third-order valence-corrected chi connectivity index (χ3v) is 14.9. The lowest BCUT2D eigenvalue weighted by Gasteiger charge is -2.21. The van der Waals surface area contributed by atoms with E-state index in [1.54, 1.807) is 0 Å². The molecule has 0 fully saturated rings. The maximum Gasteiger partial charge on any atom is 0.164 e. The fraction of sp³-hybridized carbons (Fsp3) is 0. The number of fused-ring (bicyclic) bond motifs is 9. The van der Waals surface area contributed by atoms with E-state index in [1.165, 1.54) is 21.5 Å². The van der Waals surface area contributed by atoms with Crippen molar-refractivity contribution in [3.8, 4) is 73.5 Å². The summed E-state index contributed by atoms with van der Waals surface area (Å²) in [6.45, 7) is 0. The minimum Gasteiger partial charge on any atom is -0.309 e. The fourth-order valence-corrected chi connectivity index (χ4v) is 11.5. The summed E-state index contributed by atoms with van der Waals surface area (Å²) in [4.78, 5) is 15.7. The zero-order valence-corrected chi connectivity index (χ0v) is 40.6. The van der Waals surface area contributed by atoms with E-state index in [4.69, 9.17) is 15.0 Å². The van der Waals surface area contributed by atoms with Crippen LogP contribution >= 0.6 is 0 Å². The van der Waals surface area contributed by atoms with Crippen molar-refractivity contribution in [2.45, 2.75) is 0 Å². The molecule has 0 aliphatic rings. The average molecular weight is 957 g/mol. The van der Waals surface area contributed by atoms with Crippen LogP contribution in [0.1, 0.15) is 0 Å². The summed E-state index contributed by atoms with van der Waals surface area (Å²) in [5.41, 5.74) is 17.0. The van der Waals surface area contributed by atoms with Crippen molar-refractivity contribution < 1.29 is 0 Å². The molecule has 0 bridgehead atoms. The summed E-state index contributed by atoms with van der Waals surface area (Å²) >= 11 is 0. The Labute approximate surface area is 432 Å². The average Bonchev–Trinajstić information content (AvgIpc) is 4.13. The molecular formula is C69H44N6. The van der Waals surface area contributed by atoms with E-state index in [9.17, 15) is 0 Å². The van der Waals surface area contributed by atoms with E-state index in [-0.39, 0.29) is 0 Å². The third-order valence-electron chi connectivity index (χ3n) is 14.9. The molecule has 350 valence electrons. The van der Waals surface area contributed by atoms with Gasteiger partial charge in [-0.3, -0.25) is 0 Å². The molecule has 6 heteroatoms.